The van der Waals surface area contributed by atoms with Crippen LogP contribution in [0.15, 0.2) is 35.1 Å². The summed E-state index contributed by atoms with van der Waals surface area (Å²) in [6, 6.07) is 9.69. The van der Waals surface area contributed by atoms with E-state index in [9.17, 15) is 4.79 Å². The predicted molar refractivity (Wildman–Crippen MR) is 109 cm³/mol. The highest BCUT2D eigenvalue weighted by Crippen LogP contribution is 2.36. The molecule has 0 saturated carbocycles. The van der Waals surface area contributed by atoms with E-state index in [1.54, 1.807) is 16.0 Å². The van der Waals surface area contributed by atoms with Crippen LogP contribution in [0.5, 0.6) is 0 Å². The summed E-state index contributed by atoms with van der Waals surface area (Å²) in [4.78, 5) is 22.7. The summed E-state index contributed by atoms with van der Waals surface area (Å²) in [6.07, 6.45) is 4.32. The number of nitrogens with zero attached hydrogens (tertiary/aromatic N) is 3. The summed E-state index contributed by atoms with van der Waals surface area (Å²) in [5.41, 5.74) is 3.37. The van der Waals surface area contributed by atoms with E-state index in [1.165, 1.54) is 16.9 Å². The Morgan fingerprint density at radius 3 is 2.78 bits per heavy atom. The van der Waals surface area contributed by atoms with Gasteiger partial charge in [-0.25, -0.2) is 9.67 Å². The number of hydrogen-bond donors (Lipinski definition) is 1. The maximum Gasteiger partial charge on any atom is 0.260 e. The van der Waals surface area contributed by atoms with Crippen LogP contribution >= 0.6 is 22.9 Å². The van der Waals surface area contributed by atoms with Crippen LogP contribution in [-0.4, -0.2) is 19.7 Å². The molecule has 5 nitrogen and oxygen atoms in total. The van der Waals surface area contributed by atoms with Gasteiger partial charge >= 0.3 is 0 Å². The lowest BCUT2D eigenvalue weighted by molar-refractivity contribution is 0.700. The van der Waals surface area contributed by atoms with Crippen LogP contribution in [0.25, 0.3) is 27.3 Å². The van der Waals surface area contributed by atoms with Crippen molar-refractivity contribution in [1.82, 2.24) is 19.7 Å². The first-order chi connectivity index (χ1) is 13.1. The van der Waals surface area contributed by atoms with Crippen LogP contribution in [0.1, 0.15) is 29.0 Å². The number of rotatable bonds is 2. The third-order valence-electron chi connectivity index (χ3n) is 5.07. The molecule has 3 heterocycles. The molecule has 1 aliphatic carbocycles. The molecular weight excluding hydrogens is 380 g/mol. The molecule has 136 valence electrons. The van der Waals surface area contributed by atoms with Crippen molar-refractivity contribution in [3.63, 3.8) is 0 Å². The van der Waals surface area contributed by atoms with Crippen LogP contribution in [-0.2, 0) is 12.8 Å². The molecule has 0 saturated heterocycles. The Balaban J connectivity index is 1.71. The first-order valence-corrected chi connectivity index (χ1v) is 10.2. The van der Waals surface area contributed by atoms with Crippen molar-refractivity contribution in [2.75, 3.05) is 0 Å². The van der Waals surface area contributed by atoms with Gasteiger partial charge in [-0.3, -0.25) is 4.79 Å². The number of aromatic amines is 1. The summed E-state index contributed by atoms with van der Waals surface area (Å²) in [7, 11) is 0. The van der Waals surface area contributed by atoms with Gasteiger partial charge in [0.25, 0.3) is 5.56 Å². The number of hydrogen-bond acceptors (Lipinski definition) is 4. The summed E-state index contributed by atoms with van der Waals surface area (Å²) < 4.78 is 1.68. The smallest absolute Gasteiger partial charge is 0.260 e. The lowest BCUT2D eigenvalue weighted by atomic mass is 9.97. The fourth-order valence-corrected chi connectivity index (χ4v) is 5.41. The summed E-state index contributed by atoms with van der Waals surface area (Å²) >= 11 is 8.28. The second-order valence-electron chi connectivity index (χ2n) is 6.80. The van der Waals surface area contributed by atoms with E-state index in [-0.39, 0.29) is 5.56 Å². The molecule has 3 aromatic heterocycles. The molecular formula is C20H17ClN4OS. The number of halogens is 1. The van der Waals surface area contributed by atoms with Gasteiger partial charge in [0, 0.05) is 4.88 Å². The van der Waals surface area contributed by atoms with Crippen molar-refractivity contribution in [2.24, 2.45) is 0 Å². The SMILES string of the molecule is Cc1nn(-c2ccccc2)c(Cl)c1-c1nc2sc3c(c2c(=O)[nH]1)CCCC3. The Hall–Kier alpha value is -2.44. The molecule has 1 aliphatic rings. The molecule has 0 atom stereocenters. The van der Waals surface area contributed by atoms with E-state index < -0.39 is 0 Å². The molecule has 0 fully saturated rings. The van der Waals surface area contributed by atoms with Gasteiger partial charge in [0.15, 0.2) is 0 Å². The Labute approximate surface area is 164 Å². The number of para-hydroxylation sites is 1. The molecule has 0 spiro atoms. The van der Waals surface area contributed by atoms with Crippen LogP contribution in [0.4, 0.5) is 0 Å². The summed E-state index contributed by atoms with van der Waals surface area (Å²) in [5, 5.41) is 5.76. The molecule has 0 aliphatic heterocycles. The van der Waals surface area contributed by atoms with Crippen molar-refractivity contribution >= 4 is 33.2 Å². The van der Waals surface area contributed by atoms with Crippen LogP contribution in [0.2, 0.25) is 5.15 Å². The van der Waals surface area contributed by atoms with Gasteiger partial charge in [-0.15, -0.1) is 11.3 Å². The largest absolute Gasteiger partial charge is 0.306 e. The quantitative estimate of drug-likeness (QED) is 0.535. The van der Waals surface area contributed by atoms with E-state index in [0.29, 0.717) is 16.5 Å². The van der Waals surface area contributed by atoms with E-state index >= 15 is 0 Å². The second kappa shape index (κ2) is 6.32. The Morgan fingerprint density at radius 2 is 1.96 bits per heavy atom. The molecule has 0 unspecified atom stereocenters. The first kappa shape index (κ1) is 16.7. The highest BCUT2D eigenvalue weighted by Gasteiger charge is 2.23. The minimum absolute atomic E-state index is 0.0858. The Morgan fingerprint density at radius 1 is 1.19 bits per heavy atom. The normalized spacial score (nSPS) is 13.9. The molecule has 1 N–H and O–H groups in total. The predicted octanol–water partition coefficient (Wildman–Crippen LogP) is 4.68. The van der Waals surface area contributed by atoms with Gasteiger partial charge in [0.1, 0.15) is 15.8 Å². The monoisotopic (exact) mass is 396 g/mol. The lowest BCUT2D eigenvalue weighted by Gasteiger charge is -2.09. The van der Waals surface area contributed by atoms with Crippen LogP contribution in [0, 0.1) is 6.92 Å². The van der Waals surface area contributed by atoms with Gasteiger partial charge in [-0.05, 0) is 50.3 Å². The number of H-pyrrole nitrogens is 1. The van der Waals surface area contributed by atoms with Crippen molar-refractivity contribution in [2.45, 2.75) is 32.6 Å². The van der Waals surface area contributed by atoms with Gasteiger partial charge < -0.3 is 4.98 Å². The number of fused-ring (bicyclic) bond motifs is 3. The highest BCUT2D eigenvalue weighted by atomic mass is 35.5. The zero-order chi connectivity index (χ0) is 18.5. The number of nitrogens with one attached hydrogen (secondary N) is 1. The minimum Gasteiger partial charge on any atom is -0.306 e. The lowest BCUT2D eigenvalue weighted by Crippen LogP contribution is -2.11. The third kappa shape index (κ3) is 2.63. The molecule has 0 bridgehead atoms. The average Bonchev–Trinajstić information content (AvgIpc) is 3.19. The number of thiophene rings is 1. The van der Waals surface area contributed by atoms with Gasteiger partial charge in [-0.2, -0.15) is 5.10 Å². The average molecular weight is 397 g/mol. The van der Waals surface area contributed by atoms with E-state index in [0.717, 1.165) is 40.9 Å². The van der Waals surface area contributed by atoms with E-state index in [1.807, 2.05) is 37.3 Å². The van der Waals surface area contributed by atoms with Gasteiger partial charge in [0.05, 0.1) is 22.3 Å². The van der Waals surface area contributed by atoms with Crippen molar-refractivity contribution in [3.05, 3.63) is 62.0 Å². The second-order valence-corrected chi connectivity index (χ2v) is 8.25. The topological polar surface area (TPSA) is 63.6 Å². The van der Waals surface area contributed by atoms with Gasteiger partial charge in [0.2, 0.25) is 0 Å². The Kier molecular flexibility index (Phi) is 3.91. The third-order valence-corrected chi connectivity index (χ3v) is 6.60. The maximum atomic E-state index is 12.8. The van der Waals surface area contributed by atoms with Crippen molar-refractivity contribution in [1.29, 1.82) is 0 Å². The summed E-state index contributed by atoms with van der Waals surface area (Å²) in [6.45, 7) is 1.88. The maximum absolute atomic E-state index is 12.8. The molecule has 1 aromatic carbocycles. The highest BCUT2D eigenvalue weighted by molar-refractivity contribution is 7.18. The Bertz CT molecular complexity index is 1220. The first-order valence-electron chi connectivity index (χ1n) is 8.99. The van der Waals surface area contributed by atoms with E-state index in [2.05, 4.69) is 10.1 Å². The summed E-state index contributed by atoms with van der Waals surface area (Å²) in [5.74, 6) is 0.482. The van der Waals surface area contributed by atoms with E-state index in [4.69, 9.17) is 16.6 Å². The van der Waals surface area contributed by atoms with Crippen molar-refractivity contribution < 1.29 is 0 Å². The standard InChI is InChI=1S/C20H17ClN4OS/c1-11-15(17(21)25(24-11)12-7-3-2-4-8-12)18-22-19(26)16-13-9-5-6-10-14(13)27-20(16)23-18/h2-4,7-8H,5-6,9-10H2,1H3,(H,22,23,26). The minimum atomic E-state index is -0.0858. The molecule has 5 rings (SSSR count). The molecule has 27 heavy (non-hydrogen) atoms. The van der Waals surface area contributed by atoms with Crippen LogP contribution in [0.3, 0.4) is 0 Å². The zero-order valence-corrected chi connectivity index (χ0v) is 16.3. The molecule has 7 heteroatoms. The number of benzene rings is 1. The molecule has 0 amide bonds. The van der Waals surface area contributed by atoms with Crippen LogP contribution < -0.4 is 5.56 Å². The molecule has 4 aromatic rings. The number of aromatic nitrogens is 4. The fraction of sp³-hybridized carbons (Fsp3) is 0.250. The molecule has 0 radical (unpaired) electrons. The number of aryl methyl sites for hydroxylation is 3. The van der Waals surface area contributed by atoms with Crippen molar-refractivity contribution in [3.8, 4) is 17.1 Å². The van der Waals surface area contributed by atoms with Gasteiger partial charge in [-0.1, -0.05) is 29.8 Å². The fourth-order valence-electron chi connectivity index (χ4n) is 3.79. The zero-order valence-electron chi connectivity index (χ0n) is 14.8.